The van der Waals surface area contributed by atoms with Gasteiger partial charge in [0.1, 0.15) is 0 Å². The third kappa shape index (κ3) is 2.99. The lowest BCUT2D eigenvalue weighted by molar-refractivity contribution is -0.684. The summed E-state index contributed by atoms with van der Waals surface area (Å²) in [6.45, 7) is 0.541. The molecule has 1 aliphatic heterocycles. The van der Waals surface area contributed by atoms with E-state index in [1.807, 2.05) is 22.9 Å². The molecule has 1 amide bonds. The van der Waals surface area contributed by atoms with Gasteiger partial charge in [0, 0.05) is 23.4 Å². The molecule has 0 saturated carbocycles. The monoisotopic (exact) mass is 311 g/mol. The summed E-state index contributed by atoms with van der Waals surface area (Å²) < 4.78 is 12.5. The number of nitrogens with zero attached hydrogens (tertiary/aromatic N) is 1. The largest absolute Gasteiger partial charge is 0.454 e. The number of rotatable bonds is 3. The SMILES string of the molecule is O=C(C[n+]1ccc2c(c1)CCCC2)Nc1ccc2c(c1)OCO2. The minimum atomic E-state index is -0.0513. The first-order valence-electron chi connectivity index (χ1n) is 7.98. The van der Waals surface area contributed by atoms with Gasteiger partial charge >= 0.3 is 0 Å². The van der Waals surface area contributed by atoms with Gasteiger partial charge in [0.2, 0.25) is 13.3 Å². The topological polar surface area (TPSA) is 51.4 Å². The molecule has 5 nitrogen and oxygen atoms in total. The number of pyridine rings is 1. The van der Waals surface area contributed by atoms with Gasteiger partial charge in [-0.05, 0) is 43.4 Å². The smallest absolute Gasteiger partial charge is 0.290 e. The Hall–Kier alpha value is -2.56. The maximum Gasteiger partial charge on any atom is 0.290 e. The Balaban J connectivity index is 1.44. The van der Waals surface area contributed by atoms with Crippen molar-refractivity contribution in [2.24, 2.45) is 0 Å². The second-order valence-corrected chi connectivity index (χ2v) is 5.99. The third-order valence-electron chi connectivity index (χ3n) is 4.33. The average molecular weight is 311 g/mol. The molecule has 23 heavy (non-hydrogen) atoms. The van der Waals surface area contributed by atoms with Gasteiger partial charge in [0.25, 0.3) is 5.91 Å². The summed E-state index contributed by atoms with van der Waals surface area (Å²) >= 11 is 0. The maximum atomic E-state index is 12.2. The standard InChI is InChI=1S/C18H18N2O3/c21-18(19-15-5-6-16-17(9-15)23-12-22-16)11-20-8-7-13-3-1-2-4-14(13)10-20/h5-10H,1-4,11-12H2/p+1. The van der Waals surface area contributed by atoms with Crippen LogP contribution >= 0.6 is 0 Å². The van der Waals surface area contributed by atoms with Crippen LogP contribution < -0.4 is 19.4 Å². The lowest BCUT2D eigenvalue weighted by Gasteiger charge is -2.13. The number of hydrogen-bond acceptors (Lipinski definition) is 3. The van der Waals surface area contributed by atoms with Crippen molar-refractivity contribution in [3.05, 3.63) is 47.8 Å². The summed E-state index contributed by atoms with van der Waals surface area (Å²) in [6.07, 6.45) is 8.86. The second kappa shape index (κ2) is 5.91. The van der Waals surface area contributed by atoms with Crippen LogP contribution in [0.4, 0.5) is 5.69 Å². The van der Waals surface area contributed by atoms with E-state index >= 15 is 0 Å². The first-order valence-corrected chi connectivity index (χ1v) is 7.98. The van der Waals surface area contributed by atoms with E-state index in [4.69, 9.17) is 9.47 Å². The lowest BCUT2D eigenvalue weighted by atomic mass is 9.93. The van der Waals surface area contributed by atoms with Crippen LogP contribution in [0, 0.1) is 0 Å². The molecule has 0 fully saturated rings. The van der Waals surface area contributed by atoms with E-state index in [0.29, 0.717) is 18.0 Å². The summed E-state index contributed by atoms with van der Waals surface area (Å²) in [5, 5.41) is 2.90. The number of carbonyl (C=O) groups is 1. The maximum absolute atomic E-state index is 12.2. The number of benzene rings is 1. The highest BCUT2D eigenvalue weighted by atomic mass is 16.7. The zero-order valence-corrected chi connectivity index (χ0v) is 12.9. The van der Waals surface area contributed by atoms with E-state index in [2.05, 4.69) is 17.6 Å². The normalized spacial score (nSPS) is 15.1. The molecule has 1 aromatic carbocycles. The van der Waals surface area contributed by atoms with E-state index < -0.39 is 0 Å². The summed E-state index contributed by atoms with van der Waals surface area (Å²) in [5.74, 6) is 1.33. The van der Waals surface area contributed by atoms with Gasteiger partial charge in [0.05, 0.1) is 0 Å². The quantitative estimate of drug-likeness (QED) is 0.884. The zero-order chi connectivity index (χ0) is 15.6. The summed E-state index contributed by atoms with van der Waals surface area (Å²) in [4.78, 5) is 12.2. The van der Waals surface area contributed by atoms with Crippen molar-refractivity contribution in [2.45, 2.75) is 32.2 Å². The van der Waals surface area contributed by atoms with Crippen LogP contribution in [-0.2, 0) is 24.2 Å². The van der Waals surface area contributed by atoms with Gasteiger partial charge in [-0.15, -0.1) is 0 Å². The number of nitrogens with one attached hydrogen (secondary N) is 1. The molecule has 0 unspecified atom stereocenters. The molecular weight excluding hydrogens is 292 g/mol. The highest BCUT2D eigenvalue weighted by Gasteiger charge is 2.17. The first kappa shape index (κ1) is 14.1. The number of fused-ring (bicyclic) bond motifs is 2. The molecule has 2 aliphatic rings. The van der Waals surface area contributed by atoms with Gasteiger partial charge in [-0.25, -0.2) is 0 Å². The van der Waals surface area contributed by atoms with Crippen LogP contribution in [0.1, 0.15) is 24.0 Å². The van der Waals surface area contributed by atoms with Gasteiger partial charge < -0.3 is 14.8 Å². The average Bonchev–Trinajstić information content (AvgIpc) is 3.02. The van der Waals surface area contributed by atoms with Crippen molar-refractivity contribution in [2.75, 3.05) is 12.1 Å². The molecular formula is C18H19N2O3+. The van der Waals surface area contributed by atoms with Gasteiger partial charge in [-0.3, -0.25) is 4.79 Å². The number of ether oxygens (including phenoxy) is 2. The molecule has 118 valence electrons. The Labute approximate surface area is 134 Å². The second-order valence-electron chi connectivity index (χ2n) is 5.99. The number of amides is 1. The highest BCUT2D eigenvalue weighted by Crippen LogP contribution is 2.34. The molecule has 0 radical (unpaired) electrons. The summed E-state index contributed by atoms with van der Waals surface area (Å²) in [6, 6.07) is 7.56. The van der Waals surface area contributed by atoms with Crippen molar-refractivity contribution in [3.8, 4) is 11.5 Å². The number of carbonyl (C=O) groups excluding carboxylic acids is 1. The van der Waals surface area contributed by atoms with E-state index in [1.165, 1.54) is 24.0 Å². The van der Waals surface area contributed by atoms with Crippen molar-refractivity contribution in [1.82, 2.24) is 0 Å². The van der Waals surface area contributed by atoms with Crippen LogP contribution in [0.5, 0.6) is 11.5 Å². The van der Waals surface area contributed by atoms with E-state index in [9.17, 15) is 4.79 Å². The van der Waals surface area contributed by atoms with Crippen LogP contribution in [-0.4, -0.2) is 12.7 Å². The Bertz CT molecular complexity index is 758. The van der Waals surface area contributed by atoms with Crippen molar-refractivity contribution in [1.29, 1.82) is 0 Å². The number of hydrogen-bond donors (Lipinski definition) is 1. The van der Waals surface area contributed by atoms with Crippen LogP contribution in [0.3, 0.4) is 0 Å². The third-order valence-corrected chi connectivity index (χ3v) is 4.33. The van der Waals surface area contributed by atoms with Crippen molar-refractivity contribution >= 4 is 11.6 Å². The predicted molar refractivity (Wildman–Crippen MR) is 84.5 cm³/mol. The Kier molecular flexibility index (Phi) is 3.61. The van der Waals surface area contributed by atoms with Crippen molar-refractivity contribution in [3.63, 3.8) is 0 Å². The fraction of sp³-hybridized carbons (Fsp3) is 0.333. The molecule has 4 rings (SSSR count). The van der Waals surface area contributed by atoms with Gasteiger partial charge in [0.15, 0.2) is 23.9 Å². The fourth-order valence-electron chi connectivity index (χ4n) is 3.16. The van der Waals surface area contributed by atoms with E-state index in [1.54, 1.807) is 6.07 Å². The molecule has 0 spiro atoms. The molecule has 1 aliphatic carbocycles. The zero-order valence-electron chi connectivity index (χ0n) is 12.9. The Morgan fingerprint density at radius 2 is 1.91 bits per heavy atom. The highest BCUT2D eigenvalue weighted by molar-refractivity contribution is 5.90. The lowest BCUT2D eigenvalue weighted by Crippen LogP contribution is -2.40. The van der Waals surface area contributed by atoms with Crippen LogP contribution in [0.25, 0.3) is 0 Å². The van der Waals surface area contributed by atoms with Gasteiger partial charge in [-0.2, -0.15) is 4.57 Å². The molecule has 2 aromatic rings. The molecule has 0 saturated heterocycles. The number of aromatic nitrogens is 1. The minimum absolute atomic E-state index is 0.0513. The fourth-order valence-corrected chi connectivity index (χ4v) is 3.16. The minimum Gasteiger partial charge on any atom is -0.454 e. The number of aryl methyl sites for hydroxylation is 2. The molecule has 1 aromatic heterocycles. The predicted octanol–water partition coefficient (Wildman–Crippen LogP) is 2.22. The molecule has 0 bridgehead atoms. The van der Waals surface area contributed by atoms with Crippen LogP contribution in [0.2, 0.25) is 0 Å². The molecule has 5 heteroatoms. The summed E-state index contributed by atoms with van der Waals surface area (Å²) in [7, 11) is 0. The van der Waals surface area contributed by atoms with Gasteiger partial charge in [-0.1, -0.05) is 0 Å². The molecule has 0 atom stereocenters. The van der Waals surface area contributed by atoms with E-state index in [0.717, 1.165) is 18.5 Å². The van der Waals surface area contributed by atoms with E-state index in [-0.39, 0.29) is 12.7 Å². The van der Waals surface area contributed by atoms with Crippen molar-refractivity contribution < 1.29 is 18.8 Å². The Morgan fingerprint density at radius 1 is 1.09 bits per heavy atom. The Morgan fingerprint density at radius 3 is 2.83 bits per heavy atom. The molecule has 1 N–H and O–H groups in total. The summed E-state index contributed by atoms with van der Waals surface area (Å²) in [5.41, 5.74) is 3.51. The number of anilines is 1. The van der Waals surface area contributed by atoms with Crippen LogP contribution in [0.15, 0.2) is 36.7 Å². The first-order chi connectivity index (χ1) is 11.3. The molecule has 2 heterocycles.